The molecule has 2 aromatic heterocycles. The van der Waals surface area contributed by atoms with Gasteiger partial charge in [-0.2, -0.15) is 13.2 Å². The van der Waals surface area contributed by atoms with E-state index in [1.807, 2.05) is 88.2 Å². The van der Waals surface area contributed by atoms with Gasteiger partial charge in [0.25, 0.3) is 5.91 Å². The molecular formula is C66H88F3N11O7. The number of nitrogens with one attached hydrogen (secondary N) is 2. The molecule has 2 aromatic carbocycles. The molecule has 8 heterocycles. The first-order chi connectivity index (χ1) is 41.5. The van der Waals surface area contributed by atoms with Crippen LogP contribution in [-0.2, 0) is 52.8 Å². The number of carbonyl (C=O) groups is 5. The lowest BCUT2D eigenvalue weighted by atomic mass is 9.84. The number of likely N-dealkylation sites (tertiary alicyclic amines) is 2. The number of ether oxygens (including phenoxy) is 2. The number of nitrogens with zero attached hydrogens (tertiary/aromatic N) is 9. The maximum Gasteiger partial charge on any atom is 0.406 e. The summed E-state index contributed by atoms with van der Waals surface area (Å²) in [6.45, 7) is 14.8. The summed E-state index contributed by atoms with van der Waals surface area (Å²) in [4.78, 5) is 89.2. The van der Waals surface area contributed by atoms with E-state index in [4.69, 9.17) is 14.5 Å². The number of pyridine rings is 1. The topological polar surface area (TPSA) is 168 Å². The monoisotopic (exact) mass is 1200 g/mol. The molecule has 1 spiro atoms. The molecule has 5 saturated heterocycles. The Morgan fingerprint density at radius 1 is 0.908 bits per heavy atom. The molecule has 2 aliphatic carbocycles. The highest BCUT2D eigenvalue weighted by molar-refractivity contribution is 5.96. The number of esters is 1. The first kappa shape index (κ1) is 61.1. The van der Waals surface area contributed by atoms with Gasteiger partial charge in [-0.1, -0.05) is 58.0 Å². The number of alkyl halides is 3. The Hall–Kier alpha value is -6.13. The maximum absolute atomic E-state index is 15.3. The lowest BCUT2D eigenvalue weighted by Gasteiger charge is -2.37. The van der Waals surface area contributed by atoms with E-state index in [1.54, 1.807) is 32.2 Å². The fourth-order valence-corrected chi connectivity index (χ4v) is 15.0. The SMILES string of the molecule is CO[C@@H](C)c1ncc(N2CCN(C3CC3)CC2)cc1-c1c2c3cc(ccc3n1CC(F)(F)F)-c1cccc(c1)C[C@H](NC(=O)C(C(C)C)N1CC[C@]3(CCN(C(=O)[C@H]4C(C5CC5)N4CC(=O)N(C)C)C3)C1)C(=O)N1CCC[C@H](N1)C(=O)OCC(C)(C)C2. The van der Waals surface area contributed by atoms with Crippen molar-refractivity contribution in [1.29, 1.82) is 0 Å². The zero-order valence-electron chi connectivity index (χ0n) is 52.0. The number of aromatic nitrogens is 2. The van der Waals surface area contributed by atoms with Crippen LogP contribution in [0.25, 0.3) is 33.3 Å². The summed E-state index contributed by atoms with van der Waals surface area (Å²) in [6.07, 6.45) is 4.05. The van der Waals surface area contributed by atoms with E-state index in [9.17, 15) is 14.4 Å². The van der Waals surface area contributed by atoms with Gasteiger partial charge < -0.3 is 34.1 Å². The lowest BCUT2D eigenvalue weighted by Crippen LogP contribution is -2.62. The van der Waals surface area contributed by atoms with Gasteiger partial charge in [0.2, 0.25) is 17.7 Å². The number of carbonyl (C=O) groups excluding carboxylic acids is 5. The molecule has 470 valence electrons. The average molecular weight is 1200 g/mol. The number of hydrogen-bond acceptors (Lipinski definition) is 13. The van der Waals surface area contributed by atoms with Crippen LogP contribution in [0.2, 0.25) is 0 Å². The van der Waals surface area contributed by atoms with E-state index < -0.39 is 54.2 Å². The van der Waals surface area contributed by atoms with Crippen molar-refractivity contribution in [3.05, 3.63) is 71.5 Å². The largest absolute Gasteiger partial charge is 0.464 e. The Kier molecular flexibility index (Phi) is 16.9. The van der Waals surface area contributed by atoms with Crippen LogP contribution in [0, 0.1) is 22.7 Å². The number of anilines is 1. The number of halogens is 3. The third kappa shape index (κ3) is 12.9. The highest BCUT2D eigenvalue weighted by atomic mass is 19.4. The van der Waals surface area contributed by atoms with Crippen molar-refractivity contribution in [2.75, 3.05) is 98.2 Å². The summed E-state index contributed by atoms with van der Waals surface area (Å²) in [5, 5.41) is 5.30. The number of hydrazine groups is 1. The molecule has 0 radical (unpaired) electrons. The summed E-state index contributed by atoms with van der Waals surface area (Å²) in [5.74, 6) is -0.835. The Morgan fingerprint density at radius 2 is 1.66 bits per heavy atom. The van der Waals surface area contributed by atoms with Crippen LogP contribution in [0.1, 0.15) is 109 Å². The number of rotatable bonds is 14. The van der Waals surface area contributed by atoms with Gasteiger partial charge in [-0.3, -0.25) is 48.7 Å². The lowest BCUT2D eigenvalue weighted by molar-refractivity contribution is -0.155. The highest BCUT2D eigenvalue weighted by Gasteiger charge is 2.61. The molecule has 6 bridgehead atoms. The normalized spacial score (nSPS) is 27.2. The molecule has 7 fully saturated rings. The van der Waals surface area contributed by atoms with E-state index in [2.05, 4.69) is 30.3 Å². The van der Waals surface area contributed by atoms with Gasteiger partial charge in [0, 0.05) is 119 Å². The molecule has 12 rings (SSSR count). The minimum atomic E-state index is -4.61. The van der Waals surface area contributed by atoms with E-state index in [0.29, 0.717) is 90.9 Å². The highest BCUT2D eigenvalue weighted by Crippen LogP contribution is 2.50. The zero-order chi connectivity index (χ0) is 61.4. The van der Waals surface area contributed by atoms with Crippen LogP contribution in [-0.4, -0.2) is 204 Å². The second-order valence-electron chi connectivity index (χ2n) is 27.9. The number of cyclic esters (lactones) is 1. The standard InChI is InChI=1S/C66H88F3N11O7/c1-40(2)56(76-23-20-65(36-76)21-24-77(37-65)62(84)59-57(43-14-15-43)78(59)35-54(81)73(6)7)60(82)71-52-30-42-11-9-12-44(29-42)45-16-19-53-48(31-45)50(33-64(4,5)39-87-63(85)51-13-10-22-80(72-51)61(52)83)58(79(53)38-66(67,68)69)49-32-47(34-70-55(49)41(3)86-8)75-27-25-74(26-28-75)46-17-18-46/h9,11-12,16,19,29,31-32,34,40-41,43,46,51-52,56-57,59,72H,10,13-15,17-18,20-28,30,33,35-39H2,1-8H3,(H,71,82)/t41-,51-,52-,56?,57?,59+,65-,78?/m0/s1. The Balaban J connectivity index is 0.861. The van der Waals surface area contributed by atoms with E-state index in [0.717, 1.165) is 74.2 Å². The van der Waals surface area contributed by atoms with Crippen molar-refractivity contribution < 1.29 is 46.6 Å². The number of piperazine rings is 1. The van der Waals surface area contributed by atoms with Gasteiger partial charge in [0.1, 0.15) is 24.7 Å². The van der Waals surface area contributed by atoms with Crippen LogP contribution in [0.3, 0.4) is 0 Å². The summed E-state index contributed by atoms with van der Waals surface area (Å²) < 4.78 is 59.3. The molecule has 2 N–H and O–H groups in total. The fourth-order valence-electron chi connectivity index (χ4n) is 15.0. The smallest absolute Gasteiger partial charge is 0.406 e. The van der Waals surface area contributed by atoms with Gasteiger partial charge in [-0.15, -0.1) is 0 Å². The minimum Gasteiger partial charge on any atom is -0.464 e. The number of amides is 4. The number of likely N-dealkylation sites (N-methyl/N-ethyl adjacent to an activating group) is 1. The quantitative estimate of drug-likeness (QED) is 0.0973. The number of methoxy groups -OCH3 is 1. The van der Waals surface area contributed by atoms with Crippen molar-refractivity contribution in [2.45, 2.75) is 154 Å². The molecule has 6 aliphatic heterocycles. The molecule has 3 unspecified atom stereocenters. The van der Waals surface area contributed by atoms with Gasteiger partial charge in [0.05, 0.1) is 48.6 Å². The van der Waals surface area contributed by atoms with Crippen LogP contribution in [0.4, 0.5) is 18.9 Å². The average Bonchev–Trinajstić information content (AvgIpc) is 1.64. The molecule has 4 aromatic rings. The van der Waals surface area contributed by atoms with E-state index in [1.165, 1.54) is 22.4 Å². The molecule has 2 saturated carbocycles. The number of hydrogen-bond donors (Lipinski definition) is 2. The first-order valence-corrected chi connectivity index (χ1v) is 31.8. The zero-order valence-corrected chi connectivity index (χ0v) is 52.0. The Morgan fingerprint density at radius 3 is 2.36 bits per heavy atom. The van der Waals surface area contributed by atoms with Gasteiger partial charge in [-0.05, 0) is 124 Å². The Bertz CT molecular complexity index is 3280. The van der Waals surface area contributed by atoms with Crippen molar-refractivity contribution in [1.82, 2.24) is 49.8 Å². The second-order valence-corrected chi connectivity index (χ2v) is 27.9. The van der Waals surface area contributed by atoms with Crippen LogP contribution in [0.5, 0.6) is 0 Å². The predicted octanol–water partition coefficient (Wildman–Crippen LogP) is 7.07. The van der Waals surface area contributed by atoms with Crippen molar-refractivity contribution in [3.8, 4) is 22.4 Å². The van der Waals surface area contributed by atoms with Crippen LogP contribution >= 0.6 is 0 Å². The summed E-state index contributed by atoms with van der Waals surface area (Å²) >= 11 is 0. The van der Waals surface area contributed by atoms with Gasteiger partial charge in [0.15, 0.2) is 0 Å². The number of fused-ring (bicyclic) bond motifs is 6. The van der Waals surface area contributed by atoms with Gasteiger partial charge in [-0.25, -0.2) is 5.43 Å². The minimum absolute atomic E-state index is 0.00687. The first-order valence-electron chi connectivity index (χ1n) is 31.8. The fraction of sp³-hybridized carbons (Fsp3) is 0.636. The summed E-state index contributed by atoms with van der Waals surface area (Å²) in [7, 11) is 5.06. The third-order valence-electron chi connectivity index (χ3n) is 20.1. The van der Waals surface area contributed by atoms with E-state index in [-0.39, 0.29) is 67.1 Å². The van der Waals surface area contributed by atoms with Crippen LogP contribution < -0.4 is 15.6 Å². The van der Waals surface area contributed by atoms with Crippen molar-refractivity contribution >= 4 is 46.2 Å². The predicted molar refractivity (Wildman–Crippen MR) is 325 cm³/mol. The van der Waals surface area contributed by atoms with Crippen molar-refractivity contribution in [2.24, 2.45) is 22.7 Å². The molecule has 4 amide bonds. The van der Waals surface area contributed by atoms with Crippen molar-refractivity contribution in [3.63, 3.8) is 0 Å². The summed E-state index contributed by atoms with van der Waals surface area (Å²) in [6, 6.07) is 13.2. The molecule has 18 nitrogen and oxygen atoms in total. The molecule has 87 heavy (non-hydrogen) atoms. The van der Waals surface area contributed by atoms with E-state index >= 15 is 22.8 Å². The second kappa shape index (κ2) is 24.0. The van der Waals surface area contributed by atoms with Crippen LogP contribution in [0.15, 0.2) is 54.7 Å². The molecule has 8 aliphatic rings. The summed E-state index contributed by atoms with van der Waals surface area (Å²) in [5.41, 5.74) is 7.77. The number of benzene rings is 2. The molecule has 21 heteroatoms. The molecular weight excluding hydrogens is 1120 g/mol. The Labute approximate surface area is 509 Å². The third-order valence-corrected chi connectivity index (χ3v) is 20.1. The van der Waals surface area contributed by atoms with Gasteiger partial charge >= 0.3 is 12.1 Å². The molecule has 8 atom stereocenters. The maximum atomic E-state index is 15.3.